The van der Waals surface area contributed by atoms with Crippen molar-refractivity contribution in [1.29, 1.82) is 0 Å². The summed E-state index contributed by atoms with van der Waals surface area (Å²) in [5, 5.41) is 1.91. The summed E-state index contributed by atoms with van der Waals surface area (Å²) < 4.78 is 20.5. The highest BCUT2D eigenvalue weighted by Gasteiger charge is 2.23. The summed E-state index contributed by atoms with van der Waals surface area (Å²) in [5.41, 5.74) is 3.78. The number of rotatable bonds is 4. The number of nitrogens with zero attached hydrogens (tertiary/aromatic N) is 2. The monoisotopic (exact) mass is 378 g/mol. The molecule has 28 heavy (non-hydrogen) atoms. The van der Waals surface area contributed by atoms with E-state index in [9.17, 15) is 4.79 Å². The largest absolute Gasteiger partial charge is 0.497 e. The molecule has 2 heterocycles. The lowest BCUT2D eigenvalue weighted by atomic mass is 10.1. The lowest BCUT2D eigenvalue weighted by molar-refractivity contribution is -0.131. The number of methoxy groups -OCH3 is 2. The normalized spacial score (nSPS) is 11.2. The van der Waals surface area contributed by atoms with Crippen molar-refractivity contribution in [2.45, 2.75) is 6.92 Å². The second kappa shape index (κ2) is 6.64. The fraction of sp³-hybridized carbons (Fsp3) is 0.227. The van der Waals surface area contributed by atoms with E-state index < -0.39 is 0 Å². The van der Waals surface area contributed by atoms with Crippen LogP contribution in [0.4, 0.5) is 0 Å². The van der Waals surface area contributed by atoms with Crippen LogP contribution in [0, 0.1) is 0 Å². The number of esters is 1. The van der Waals surface area contributed by atoms with Gasteiger partial charge in [-0.1, -0.05) is 0 Å². The van der Waals surface area contributed by atoms with Crippen molar-refractivity contribution in [2.75, 3.05) is 14.2 Å². The van der Waals surface area contributed by atoms with Crippen molar-refractivity contribution in [3.8, 4) is 28.5 Å². The molecule has 0 N–H and O–H groups in total. The van der Waals surface area contributed by atoms with Crippen LogP contribution in [0.3, 0.4) is 0 Å². The standard InChI is InChI=1S/C22H22N2O4/c1-13(25)28-22-17-9-7-15(27-5)11-20(17)24(3)21(22)18-12-23(2)19-10-14(26-4)6-8-16(18)19/h6-12H,1-5H3. The fourth-order valence-electron chi connectivity index (χ4n) is 3.74. The van der Waals surface area contributed by atoms with Gasteiger partial charge < -0.3 is 23.3 Å². The van der Waals surface area contributed by atoms with Crippen molar-refractivity contribution < 1.29 is 19.0 Å². The molecule has 4 rings (SSSR count). The Morgan fingerprint density at radius 2 is 1.50 bits per heavy atom. The van der Waals surface area contributed by atoms with Gasteiger partial charge in [-0.15, -0.1) is 0 Å². The summed E-state index contributed by atoms with van der Waals surface area (Å²) in [6.07, 6.45) is 2.04. The minimum atomic E-state index is -0.355. The maximum Gasteiger partial charge on any atom is 0.308 e. The number of fused-ring (bicyclic) bond motifs is 2. The molecule has 0 unspecified atom stereocenters. The van der Waals surface area contributed by atoms with Gasteiger partial charge in [0.05, 0.1) is 30.9 Å². The molecule has 2 aromatic heterocycles. The third-order valence-corrected chi connectivity index (χ3v) is 5.06. The fourth-order valence-corrected chi connectivity index (χ4v) is 3.74. The molecule has 0 aliphatic rings. The number of carbonyl (C=O) groups excluding carboxylic acids is 1. The summed E-state index contributed by atoms with van der Waals surface area (Å²) in [5.74, 6) is 1.74. The van der Waals surface area contributed by atoms with Crippen LogP contribution in [-0.2, 0) is 18.9 Å². The minimum Gasteiger partial charge on any atom is -0.497 e. The van der Waals surface area contributed by atoms with Crippen LogP contribution in [-0.4, -0.2) is 29.3 Å². The molecule has 0 spiro atoms. The Hall–Kier alpha value is -3.41. The van der Waals surface area contributed by atoms with Crippen molar-refractivity contribution in [3.05, 3.63) is 42.6 Å². The van der Waals surface area contributed by atoms with E-state index in [-0.39, 0.29) is 5.97 Å². The Kier molecular flexibility index (Phi) is 4.26. The Balaban J connectivity index is 2.06. The van der Waals surface area contributed by atoms with E-state index in [4.69, 9.17) is 14.2 Å². The maximum atomic E-state index is 11.8. The zero-order chi connectivity index (χ0) is 20.0. The van der Waals surface area contributed by atoms with Gasteiger partial charge in [0, 0.05) is 55.7 Å². The molecule has 0 amide bonds. The average molecular weight is 378 g/mol. The molecule has 6 nitrogen and oxygen atoms in total. The SMILES string of the molecule is COc1ccc2c(-c3c(OC(C)=O)c4ccc(OC)cc4n3C)cn(C)c2c1. The van der Waals surface area contributed by atoms with Crippen LogP contribution < -0.4 is 14.2 Å². The van der Waals surface area contributed by atoms with Crippen LogP contribution in [0.1, 0.15) is 6.92 Å². The van der Waals surface area contributed by atoms with Gasteiger partial charge in [0.2, 0.25) is 0 Å². The number of benzene rings is 2. The van der Waals surface area contributed by atoms with E-state index in [1.54, 1.807) is 14.2 Å². The van der Waals surface area contributed by atoms with E-state index in [0.717, 1.165) is 44.6 Å². The van der Waals surface area contributed by atoms with Crippen LogP contribution in [0.2, 0.25) is 0 Å². The highest BCUT2D eigenvalue weighted by atomic mass is 16.5. The number of hydrogen-bond donors (Lipinski definition) is 0. The highest BCUT2D eigenvalue weighted by Crippen LogP contribution is 2.44. The summed E-state index contributed by atoms with van der Waals surface area (Å²) in [4.78, 5) is 11.8. The molecule has 0 radical (unpaired) electrons. The molecule has 0 atom stereocenters. The summed E-state index contributed by atoms with van der Waals surface area (Å²) >= 11 is 0. The molecule has 0 saturated carbocycles. The molecule has 144 valence electrons. The summed E-state index contributed by atoms with van der Waals surface area (Å²) in [6, 6.07) is 11.7. The zero-order valence-electron chi connectivity index (χ0n) is 16.6. The predicted molar refractivity (Wildman–Crippen MR) is 109 cm³/mol. The van der Waals surface area contributed by atoms with Gasteiger partial charge in [0.25, 0.3) is 0 Å². The number of hydrogen-bond acceptors (Lipinski definition) is 4. The van der Waals surface area contributed by atoms with E-state index >= 15 is 0 Å². The Bertz CT molecular complexity index is 1220. The Morgan fingerprint density at radius 1 is 0.893 bits per heavy atom. The van der Waals surface area contributed by atoms with Gasteiger partial charge in [-0.2, -0.15) is 0 Å². The molecule has 0 aliphatic carbocycles. The van der Waals surface area contributed by atoms with Gasteiger partial charge in [-0.25, -0.2) is 0 Å². The predicted octanol–water partition coefficient (Wildman–Crippen LogP) is 4.28. The second-order valence-electron chi connectivity index (χ2n) is 6.75. The second-order valence-corrected chi connectivity index (χ2v) is 6.75. The van der Waals surface area contributed by atoms with E-state index in [0.29, 0.717) is 5.75 Å². The number of aryl methyl sites for hydroxylation is 2. The highest BCUT2D eigenvalue weighted by molar-refractivity contribution is 6.04. The third-order valence-electron chi connectivity index (χ3n) is 5.06. The molecule has 0 saturated heterocycles. The number of ether oxygens (including phenoxy) is 3. The van der Waals surface area contributed by atoms with Gasteiger partial charge in [-0.05, 0) is 24.3 Å². The van der Waals surface area contributed by atoms with Gasteiger partial charge >= 0.3 is 5.97 Å². The zero-order valence-corrected chi connectivity index (χ0v) is 16.6. The topological polar surface area (TPSA) is 54.6 Å². The molecule has 4 aromatic rings. The van der Waals surface area contributed by atoms with Gasteiger partial charge in [0.15, 0.2) is 5.75 Å². The van der Waals surface area contributed by atoms with Crippen LogP contribution in [0.5, 0.6) is 17.2 Å². The molecule has 0 bridgehead atoms. The molecule has 2 aromatic carbocycles. The quantitative estimate of drug-likeness (QED) is 0.498. The van der Waals surface area contributed by atoms with Crippen molar-refractivity contribution in [2.24, 2.45) is 14.1 Å². The number of carbonyl (C=O) groups is 1. The van der Waals surface area contributed by atoms with Crippen molar-refractivity contribution >= 4 is 27.8 Å². The first-order valence-electron chi connectivity index (χ1n) is 8.93. The van der Waals surface area contributed by atoms with E-state index in [1.807, 2.05) is 65.8 Å². The van der Waals surface area contributed by atoms with Crippen molar-refractivity contribution in [1.82, 2.24) is 9.13 Å². The van der Waals surface area contributed by atoms with Crippen LogP contribution >= 0.6 is 0 Å². The minimum absolute atomic E-state index is 0.355. The first-order valence-corrected chi connectivity index (χ1v) is 8.93. The van der Waals surface area contributed by atoms with Crippen LogP contribution in [0.15, 0.2) is 42.6 Å². The Labute approximate surface area is 162 Å². The molecular formula is C22H22N2O4. The molecular weight excluding hydrogens is 356 g/mol. The first-order chi connectivity index (χ1) is 13.4. The van der Waals surface area contributed by atoms with Crippen LogP contribution in [0.25, 0.3) is 33.1 Å². The maximum absolute atomic E-state index is 11.8. The average Bonchev–Trinajstić information content (AvgIpc) is 3.15. The van der Waals surface area contributed by atoms with Crippen molar-refractivity contribution in [3.63, 3.8) is 0 Å². The van der Waals surface area contributed by atoms with E-state index in [1.165, 1.54) is 6.92 Å². The Morgan fingerprint density at radius 3 is 2.11 bits per heavy atom. The molecule has 6 heteroatoms. The first kappa shape index (κ1) is 18.0. The molecule has 0 fully saturated rings. The summed E-state index contributed by atoms with van der Waals surface area (Å²) in [7, 11) is 7.24. The lowest BCUT2D eigenvalue weighted by Gasteiger charge is -2.07. The van der Waals surface area contributed by atoms with E-state index in [2.05, 4.69) is 0 Å². The molecule has 0 aliphatic heterocycles. The summed E-state index contributed by atoms with van der Waals surface area (Å²) in [6.45, 7) is 1.42. The lowest BCUT2D eigenvalue weighted by Crippen LogP contribution is -2.02. The van der Waals surface area contributed by atoms with Gasteiger partial charge in [0.1, 0.15) is 11.5 Å². The van der Waals surface area contributed by atoms with Gasteiger partial charge in [-0.3, -0.25) is 4.79 Å². The third kappa shape index (κ3) is 2.69. The number of aromatic nitrogens is 2. The smallest absolute Gasteiger partial charge is 0.308 e.